The van der Waals surface area contributed by atoms with Crippen molar-refractivity contribution in [2.45, 2.75) is 19.3 Å². The van der Waals surface area contributed by atoms with Gasteiger partial charge in [0.1, 0.15) is 11.6 Å². The number of nitriles is 1. The van der Waals surface area contributed by atoms with E-state index in [4.69, 9.17) is 22.1 Å². The lowest BCUT2D eigenvalue weighted by Crippen LogP contribution is -2.45. The van der Waals surface area contributed by atoms with E-state index < -0.39 is 11.4 Å². The van der Waals surface area contributed by atoms with Gasteiger partial charge in [-0.25, -0.2) is 9.18 Å². The van der Waals surface area contributed by atoms with Gasteiger partial charge in [0.05, 0.1) is 17.2 Å². The second-order valence-electron chi connectivity index (χ2n) is 7.49. The van der Waals surface area contributed by atoms with Gasteiger partial charge in [-0.3, -0.25) is 4.79 Å². The largest absolute Gasteiger partial charge is 0.482 e. The molecule has 3 rings (SSSR count). The quantitative estimate of drug-likeness (QED) is 0.707. The normalized spacial score (nSPS) is 15.1. The molecule has 0 radical (unpaired) electrons. The molecule has 1 saturated heterocycles. The molecule has 0 aliphatic carbocycles. The van der Waals surface area contributed by atoms with Gasteiger partial charge in [0.15, 0.2) is 6.61 Å². The third-order valence-corrected chi connectivity index (χ3v) is 5.55. The van der Waals surface area contributed by atoms with E-state index in [1.54, 1.807) is 29.2 Å². The summed E-state index contributed by atoms with van der Waals surface area (Å²) < 4.78 is 18.7. The number of nitrogens with two attached hydrogens (primary N) is 1. The first-order valence-electron chi connectivity index (χ1n) is 9.72. The standard InChI is InChI=1S/C22H22ClFN4O3/c23-16-3-6-19(18(11-16)27-21(26)30)31-13-20(29)28-9-7-22(14-25,8-10-28)12-15-1-4-17(24)5-2-15/h1-6,11H,7-10,12-13H2,(H3,26,27,30). The van der Waals surface area contributed by atoms with Crippen molar-refractivity contribution < 1.29 is 18.7 Å². The lowest BCUT2D eigenvalue weighted by molar-refractivity contribution is -0.135. The van der Waals surface area contributed by atoms with Crippen molar-refractivity contribution >= 4 is 29.2 Å². The minimum atomic E-state index is -0.775. The van der Waals surface area contributed by atoms with Crippen LogP contribution >= 0.6 is 11.6 Å². The summed E-state index contributed by atoms with van der Waals surface area (Å²) in [6.07, 6.45) is 1.54. The van der Waals surface area contributed by atoms with Gasteiger partial charge >= 0.3 is 6.03 Å². The van der Waals surface area contributed by atoms with E-state index in [2.05, 4.69) is 11.4 Å². The Morgan fingerprint density at radius 2 is 1.90 bits per heavy atom. The molecule has 0 unspecified atom stereocenters. The Morgan fingerprint density at radius 1 is 1.23 bits per heavy atom. The molecule has 7 nitrogen and oxygen atoms in total. The van der Waals surface area contributed by atoms with Crippen LogP contribution in [0.2, 0.25) is 5.02 Å². The van der Waals surface area contributed by atoms with Gasteiger partial charge in [0.25, 0.3) is 5.91 Å². The zero-order valence-corrected chi connectivity index (χ0v) is 17.5. The number of amides is 3. The highest BCUT2D eigenvalue weighted by Gasteiger charge is 2.36. The first-order valence-corrected chi connectivity index (χ1v) is 10.1. The molecule has 0 bridgehead atoms. The zero-order valence-electron chi connectivity index (χ0n) is 16.7. The van der Waals surface area contributed by atoms with Crippen LogP contribution < -0.4 is 15.8 Å². The second-order valence-corrected chi connectivity index (χ2v) is 7.93. The lowest BCUT2D eigenvalue weighted by Gasteiger charge is -2.37. The van der Waals surface area contributed by atoms with Gasteiger partial charge in [-0.2, -0.15) is 5.26 Å². The predicted molar refractivity (Wildman–Crippen MR) is 114 cm³/mol. The van der Waals surface area contributed by atoms with Crippen LogP contribution in [0.5, 0.6) is 5.75 Å². The molecule has 2 aromatic carbocycles. The van der Waals surface area contributed by atoms with Crippen LogP contribution in [0, 0.1) is 22.6 Å². The Hall–Kier alpha value is -3.31. The molecule has 0 saturated carbocycles. The van der Waals surface area contributed by atoms with Crippen LogP contribution in [0.3, 0.4) is 0 Å². The fraction of sp³-hybridized carbons (Fsp3) is 0.318. The third-order valence-electron chi connectivity index (χ3n) is 5.32. The van der Waals surface area contributed by atoms with Crippen molar-refractivity contribution in [3.63, 3.8) is 0 Å². The Morgan fingerprint density at radius 3 is 2.52 bits per heavy atom. The number of hydrogen-bond donors (Lipinski definition) is 2. The number of halogens is 2. The summed E-state index contributed by atoms with van der Waals surface area (Å²) in [5.41, 5.74) is 5.72. The van der Waals surface area contributed by atoms with E-state index >= 15 is 0 Å². The Labute approximate surface area is 184 Å². The number of benzene rings is 2. The van der Waals surface area contributed by atoms with Gasteiger partial charge in [-0.1, -0.05) is 23.7 Å². The number of nitrogens with zero attached hydrogens (tertiary/aromatic N) is 2. The highest BCUT2D eigenvalue weighted by atomic mass is 35.5. The number of carbonyl (C=O) groups is 2. The number of anilines is 1. The fourth-order valence-electron chi connectivity index (χ4n) is 3.59. The maximum Gasteiger partial charge on any atom is 0.316 e. The van der Waals surface area contributed by atoms with Crippen molar-refractivity contribution in [3.8, 4) is 11.8 Å². The summed E-state index contributed by atoms with van der Waals surface area (Å²) in [5, 5.41) is 12.5. The van der Waals surface area contributed by atoms with Crippen molar-refractivity contribution in [1.82, 2.24) is 4.90 Å². The molecule has 2 aromatic rings. The van der Waals surface area contributed by atoms with E-state index in [1.165, 1.54) is 18.2 Å². The van der Waals surface area contributed by atoms with E-state index in [9.17, 15) is 19.2 Å². The van der Waals surface area contributed by atoms with E-state index in [1.807, 2.05) is 0 Å². The highest BCUT2D eigenvalue weighted by Crippen LogP contribution is 2.35. The molecule has 31 heavy (non-hydrogen) atoms. The number of urea groups is 1. The summed E-state index contributed by atoms with van der Waals surface area (Å²) >= 11 is 5.92. The summed E-state index contributed by atoms with van der Waals surface area (Å²) in [7, 11) is 0. The zero-order chi connectivity index (χ0) is 22.4. The average molecular weight is 445 g/mol. The van der Waals surface area contributed by atoms with Crippen LogP contribution in [0.15, 0.2) is 42.5 Å². The molecule has 0 atom stereocenters. The average Bonchev–Trinajstić information content (AvgIpc) is 2.75. The van der Waals surface area contributed by atoms with E-state index in [-0.39, 0.29) is 29.8 Å². The topological polar surface area (TPSA) is 108 Å². The molecule has 9 heteroatoms. The first-order chi connectivity index (χ1) is 14.8. The molecule has 1 aliphatic rings. The smallest absolute Gasteiger partial charge is 0.316 e. The fourth-order valence-corrected chi connectivity index (χ4v) is 3.77. The highest BCUT2D eigenvalue weighted by molar-refractivity contribution is 6.31. The number of rotatable bonds is 6. The molecule has 1 fully saturated rings. The van der Waals surface area contributed by atoms with Crippen molar-refractivity contribution in [2.24, 2.45) is 11.1 Å². The Bertz CT molecular complexity index is 999. The molecule has 1 aliphatic heterocycles. The number of piperidine rings is 1. The Balaban J connectivity index is 1.57. The molecule has 0 aromatic heterocycles. The van der Waals surface area contributed by atoms with Gasteiger partial charge in [-0.05, 0) is 55.2 Å². The number of ether oxygens (including phenoxy) is 1. The second kappa shape index (κ2) is 9.67. The third kappa shape index (κ3) is 5.86. The summed E-state index contributed by atoms with van der Waals surface area (Å²) in [6, 6.07) is 12.4. The Kier molecular flexibility index (Phi) is 6.98. The summed E-state index contributed by atoms with van der Waals surface area (Å²) in [5.74, 6) is -0.269. The maximum atomic E-state index is 13.1. The molecule has 0 spiro atoms. The van der Waals surface area contributed by atoms with Crippen LogP contribution in [-0.2, 0) is 11.2 Å². The van der Waals surface area contributed by atoms with Gasteiger partial charge in [-0.15, -0.1) is 0 Å². The number of carbonyl (C=O) groups excluding carboxylic acids is 2. The van der Waals surface area contributed by atoms with Crippen LogP contribution in [0.4, 0.5) is 14.9 Å². The molecule has 162 valence electrons. The predicted octanol–water partition coefficient (Wildman–Crippen LogP) is 3.72. The first kappa shape index (κ1) is 22.4. The number of primary amides is 1. The molecular formula is C22H22ClFN4O3. The van der Waals surface area contributed by atoms with E-state index in [0.717, 1.165) is 5.56 Å². The van der Waals surface area contributed by atoms with Crippen LogP contribution in [0.1, 0.15) is 18.4 Å². The monoisotopic (exact) mass is 444 g/mol. The number of likely N-dealkylation sites (tertiary alicyclic amines) is 1. The molecule has 3 N–H and O–H groups in total. The van der Waals surface area contributed by atoms with Crippen molar-refractivity contribution in [2.75, 3.05) is 25.0 Å². The lowest BCUT2D eigenvalue weighted by atomic mass is 9.75. The van der Waals surface area contributed by atoms with E-state index in [0.29, 0.717) is 37.4 Å². The summed E-state index contributed by atoms with van der Waals surface area (Å²) in [6.45, 7) is 0.612. The summed E-state index contributed by atoms with van der Waals surface area (Å²) in [4.78, 5) is 25.4. The molecule has 1 heterocycles. The van der Waals surface area contributed by atoms with Crippen molar-refractivity contribution in [1.29, 1.82) is 5.26 Å². The van der Waals surface area contributed by atoms with Gasteiger partial charge in [0.2, 0.25) is 0 Å². The minimum absolute atomic E-state index is 0.228. The number of nitrogens with one attached hydrogen (secondary N) is 1. The van der Waals surface area contributed by atoms with Crippen molar-refractivity contribution in [3.05, 3.63) is 58.9 Å². The maximum absolute atomic E-state index is 13.1. The SMILES string of the molecule is N#CC1(Cc2ccc(F)cc2)CCN(C(=O)COc2ccc(Cl)cc2NC(N)=O)CC1. The molecular weight excluding hydrogens is 423 g/mol. The minimum Gasteiger partial charge on any atom is -0.482 e. The van der Waals surface area contributed by atoms with Gasteiger partial charge in [0, 0.05) is 18.1 Å². The van der Waals surface area contributed by atoms with Crippen LogP contribution in [-0.4, -0.2) is 36.5 Å². The molecule has 3 amide bonds. The number of hydrogen-bond acceptors (Lipinski definition) is 4. The van der Waals surface area contributed by atoms with Crippen LogP contribution in [0.25, 0.3) is 0 Å². The van der Waals surface area contributed by atoms with Gasteiger partial charge < -0.3 is 20.7 Å².